The number of benzene rings is 1. The van der Waals surface area contributed by atoms with Crippen molar-refractivity contribution >= 4 is 35.4 Å². The second-order valence-corrected chi connectivity index (χ2v) is 6.83. The Morgan fingerprint density at radius 2 is 1.97 bits per heavy atom. The van der Waals surface area contributed by atoms with E-state index in [1.54, 1.807) is 18.2 Å². The first kappa shape index (κ1) is 20.3. The van der Waals surface area contributed by atoms with Gasteiger partial charge in [0, 0.05) is 18.7 Å². The number of anilines is 1. The molecule has 1 atom stereocenters. The minimum Gasteiger partial charge on any atom is -0.450 e. The van der Waals surface area contributed by atoms with Crippen molar-refractivity contribution in [2.75, 3.05) is 18.5 Å². The maximum Gasteiger partial charge on any atom is 0.404 e. The van der Waals surface area contributed by atoms with Crippen LogP contribution in [0, 0.1) is 0 Å². The number of carbonyl (C=O) groups is 5. The highest BCUT2D eigenvalue weighted by Crippen LogP contribution is 2.32. The van der Waals surface area contributed by atoms with E-state index in [1.807, 2.05) is 0 Å². The molecular formula is C19H22N4O6. The molecular weight excluding hydrogens is 380 g/mol. The van der Waals surface area contributed by atoms with Crippen molar-refractivity contribution in [1.29, 1.82) is 0 Å². The van der Waals surface area contributed by atoms with Gasteiger partial charge in [0.15, 0.2) is 0 Å². The molecule has 29 heavy (non-hydrogen) atoms. The molecule has 0 saturated carbocycles. The first-order valence-corrected chi connectivity index (χ1v) is 9.41. The molecule has 1 unspecified atom stereocenters. The molecule has 154 valence electrons. The lowest BCUT2D eigenvalue weighted by Gasteiger charge is -2.27. The molecule has 1 fully saturated rings. The summed E-state index contributed by atoms with van der Waals surface area (Å²) in [5.74, 6) is -2.13. The molecule has 10 nitrogen and oxygen atoms in total. The summed E-state index contributed by atoms with van der Waals surface area (Å²) in [4.78, 5) is 60.6. The van der Waals surface area contributed by atoms with E-state index in [4.69, 9.17) is 5.73 Å². The van der Waals surface area contributed by atoms with E-state index < -0.39 is 35.8 Å². The van der Waals surface area contributed by atoms with Gasteiger partial charge in [-0.1, -0.05) is 6.07 Å². The molecule has 2 aliphatic rings. The number of hydrogen-bond donors (Lipinski definition) is 3. The fourth-order valence-electron chi connectivity index (χ4n) is 3.46. The SMILES string of the molecule is NC(=O)OCCCCCNc1cccc2c1C(=O)N(C1CCC(=O)NC1=O)C2=O. The summed E-state index contributed by atoms with van der Waals surface area (Å²) in [5, 5.41) is 5.33. The number of nitrogens with zero attached hydrogens (tertiary/aromatic N) is 1. The molecule has 0 bridgehead atoms. The highest BCUT2D eigenvalue weighted by molar-refractivity contribution is 6.25. The summed E-state index contributed by atoms with van der Waals surface area (Å²) in [7, 11) is 0. The summed E-state index contributed by atoms with van der Waals surface area (Å²) in [6, 6.07) is 3.93. The van der Waals surface area contributed by atoms with Gasteiger partial charge >= 0.3 is 6.09 Å². The van der Waals surface area contributed by atoms with Crippen molar-refractivity contribution in [1.82, 2.24) is 10.2 Å². The molecule has 2 heterocycles. The fraction of sp³-hybridized carbons (Fsp3) is 0.421. The third-order valence-corrected chi connectivity index (χ3v) is 4.85. The van der Waals surface area contributed by atoms with Gasteiger partial charge in [0.25, 0.3) is 11.8 Å². The van der Waals surface area contributed by atoms with Gasteiger partial charge in [-0.05, 0) is 37.8 Å². The Morgan fingerprint density at radius 1 is 1.17 bits per heavy atom. The number of fused-ring (bicyclic) bond motifs is 1. The minimum atomic E-state index is -0.988. The zero-order chi connectivity index (χ0) is 21.0. The van der Waals surface area contributed by atoms with Gasteiger partial charge in [0.2, 0.25) is 11.8 Å². The predicted octanol–water partition coefficient (Wildman–Crippen LogP) is 0.765. The smallest absolute Gasteiger partial charge is 0.404 e. The van der Waals surface area contributed by atoms with Crippen LogP contribution in [0.25, 0.3) is 0 Å². The van der Waals surface area contributed by atoms with Crippen LogP contribution in [-0.2, 0) is 14.3 Å². The number of nitrogens with one attached hydrogen (secondary N) is 2. The van der Waals surface area contributed by atoms with E-state index in [0.29, 0.717) is 18.7 Å². The largest absolute Gasteiger partial charge is 0.450 e. The van der Waals surface area contributed by atoms with E-state index in [1.165, 1.54) is 0 Å². The number of imide groups is 2. The standard InChI is InChI=1S/C19H22N4O6/c20-19(28)29-10-3-1-2-9-21-12-6-4-5-11-15(12)18(27)23(17(11)26)13-7-8-14(24)22-16(13)25/h4-6,13,21H,1-3,7-10H2,(H2,20,28)(H,22,24,25). The number of amides is 5. The van der Waals surface area contributed by atoms with Crippen LogP contribution >= 0.6 is 0 Å². The Kier molecular flexibility index (Phi) is 6.10. The quantitative estimate of drug-likeness (QED) is 0.429. The molecule has 5 amide bonds. The molecule has 1 saturated heterocycles. The van der Waals surface area contributed by atoms with Crippen molar-refractivity contribution in [2.24, 2.45) is 5.73 Å². The minimum absolute atomic E-state index is 0.0778. The molecule has 0 radical (unpaired) electrons. The predicted molar refractivity (Wildman–Crippen MR) is 101 cm³/mol. The third kappa shape index (κ3) is 4.36. The van der Waals surface area contributed by atoms with Gasteiger partial charge in [-0.3, -0.25) is 29.4 Å². The Labute approximate surface area is 166 Å². The average molecular weight is 402 g/mol. The second kappa shape index (κ2) is 8.72. The van der Waals surface area contributed by atoms with E-state index in [0.717, 1.165) is 17.7 Å². The van der Waals surface area contributed by atoms with Crippen molar-refractivity contribution in [2.45, 2.75) is 38.1 Å². The number of primary amides is 1. The molecule has 0 aliphatic carbocycles. The number of ether oxygens (including phenoxy) is 1. The highest BCUT2D eigenvalue weighted by Gasteiger charge is 2.45. The van der Waals surface area contributed by atoms with Crippen LogP contribution in [0.3, 0.4) is 0 Å². The zero-order valence-corrected chi connectivity index (χ0v) is 15.7. The van der Waals surface area contributed by atoms with Crippen LogP contribution in [-0.4, -0.2) is 53.8 Å². The Balaban J connectivity index is 1.63. The van der Waals surface area contributed by atoms with Gasteiger partial charge in [-0.25, -0.2) is 4.79 Å². The Morgan fingerprint density at radius 3 is 2.69 bits per heavy atom. The normalized spacial score (nSPS) is 18.5. The Hall–Kier alpha value is -3.43. The van der Waals surface area contributed by atoms with Gasteiger partial charge < -0.3 is 15.8 Å². The first-order chi connectivity index (χ1) is 13.9. The number of nitrogens with two attached hydrogens (primary N) is 1. The average Bonchev–Trinajstić information content (AvgIpc) is 2.92. The number of rotatable bonds is 8. The molecule has 0 spiro atoms. The fourth-order valence-corrected chi connectivity index (χ4v) is 3.46. The van der Waals surface area contributed by atoms with Crippen LogP contribution < -0.4 is 16.4 Å². The summed E-state index contributed by atoms with van der Waals surface area (Å²) in [6.07, 6.45) is 1.60. The second-order valence-electron chi connectivity index (χ2n) is 6.83. The van der Waals surface area contributed by atoms with E-state index in [2.05, 4.69) is 15.4 Å². The van der Waals surface area contributed by atoms with E-state index >= 15 is 0 Å². The lowest BCUT2D eigenvalue weighted by molar-refractivity contribution is -0.136. The van der Waals surface area contributed by atoms with Gasteiger partial charge in [0.1, 0.15) is 6.04 Å². The molecule has 2 aliphatic heterocycles. The van der Waals surface area contributed by atoms with Crippen molar-refractivity contribution < 1.29 is 28.7 Å². The first-order valence-electron chi connectivity index (χ1n) is 9.41. The van der Waals surface area contributed by atoms with Gasteiger partial charge in [0.05, 0.1) is 17.7 Å². The van der Waals surface area contributed by atoms with Crippen molar-refractivity contribution in [3.63, 3.8) is 0 Å². The van der Waals surface area contributed by atoms with E-state index in [9.17, 15) is 24.0 Å². The van der Waals surface area contributed by atoms with Crippen LogP contribution in [0.2, 0.25) is 0 Å². The maximum atomic E-state index is 12.9. The van der Waals surface area contributed by atoms with E-state index in [-0.39, 0.29) is 30.6 Å². The monoisotopic (exact) mass is 402 g/mol. The number of carbonyl (C=O) groups excluding carboxylic acids is 5. The van der Waals surface area contributed by atoms with Crippen molar-refractivity contribution in [3.05, 3.63) is 29.3 Å². The highest BCUT2D eigenvalue weighted by atomic mass is 16.5. The molecule has 1 aromatic rings. The van der Waals surface area contributed by atoms with Crippen LogP contribution in [0.1, 0.15) is 52.8 Å². The summed E-state index contributed by atoms with van der Waals surface area (Å²) in [6.45, 7) is 0.802. The van der Waals surface area contributed by atoms with Gasteiger partial charge in [-0.15, -0.1) is 0 Å². The molecule has 10 heteroatoms. The Bertz CT molecular complexity index is 868. The number of hydrogen-bond acceptors (Lipinski definition) is 7. The molecule has 3 rings (SSSR count). The summed E-state index contributed by atoms with van der Waals surface area (Å²) < 4.78 is 4.65. The van der Waals surface area contributed by atoms with Crippen LogP contribution in [0.4, 0.5) is 10.5 Å². The van der Waals surface area contributed by atoms with Crippen LogP contribution in [0.5, 0.6) is 0 Å². The molecule has 4 N–H and O–H groups in total. The topological polar surface area (TPSA) is 148 Å². The van der Waals surface area contributed by atoms with Crippen LogP contribution in [0.15, 0.2) is 18.2 Å². The number of unbranched alkanes of at least 4 members (excludes halogenated alkanes) is 2. The zero-order valence-electron chi connectivity index (χ0n) is 15.7. The summed E-state index contributed by atoms with van der Waals surface area (Å²) >= 11 is 0. The lowest BCUT2D eigenvalue weighted by Crippen LogP contribution is -2.54. The molecule has 0 aromatic heterocycles. The van der Waals surface area contributed by atoms with Crippen molar-refractivity contribution in [3.8, 4) is 0 Å². The maximum absolute atomic E-state index is 12.9. The number of piperidine rings is 1. The van der Waals surface area contributed by atoms with Gasteiger partial charge in [-0.2, -0.15) is 0 Å². The summed E-state index contributed by atoms with van der Waals surface area (Å²) in [5.41, 5.74) is 5.88. The molecule has 1 aromatic carbocycles. The third-order valence-electron chi connectivity index (χ3n) is 4.85. The lowest BCUT2D eigenvalue weighted by atomic mass is 10.0.